The highest BCUT2D eigenvalue weighted by molar-refractivity contribution is 7.89. The van der Waals surface area contributed by atoms with Crippen molar-refractivity contribution in [2.75, 3.05) is 7.05 Å². The fourth-order valence-electron chi connectivity index (χ4n) is 3.39. The van der Waals surface area contributed by atoms with E-state index >= 15 is 0 Å². The molecule has 0 bridgehead atoms. The highest BCUT2D eigenvalue weighted by Crippen LogP contribution is 2.39. The van der Waals surface area contributed by atoms with Crippen molar-refractivity contribution in [3.05, 3.63) is 66.2 Å². The number of hydrogen-bond donors (Lipinski definition) is 3. The van der Waals surface area contributed by atoms with E-state index < -0.39 is 38.2 Å². The van der Waals surface area contributed by atoms with Gasteiger partial charge in [0.25, 0.3) is 0 Å². The Kier molecular flexibility index (Phi) is 5.56. The Hall–Kier alpha value is -3.90. The minimum Gasteiger partial charge on any atom is -0.507 e. The van der Waals surface area contributed by atoms with Gasteiger partial charge in [0.15, 0.2) is 5.82 Å². The molecule has 0 amide bonds. The Morgan fingerprint density at radius 1 is 1.03 bits per heavy atom. The predicted molar refractivity (Wildman–Crippen MR) is 116 cm³/mol. The molecule has 0 fully saturated rings. The molecule has 0 aliphatic rings. The third kappa shape index (κ3) is 3.90. The number of rotatable bonds is 6. The first kappa shape index (κ1) is 22.3. The van der Waals surface area contributed by atoms with E-state index in [4.69, 9.17) is 0 Å². The van der Waals surface area contributed by atoms with Crippen LogP contribution in [0.5, 0.6) is 17.5 Å². The molecular formula is C21H20FN5O5S. The minimum atomic E-state index is -4.22. The summed E-state index contributed by atoms with van der Waals surface area (Å²) in [6.45, 7) is 0.0215. The molecule has 2 aromatic carbocycles. The van der Waals surface area contributed by atoms with Crippen LogP contribution in [0.1, 0.15) is 5.69 Å². The van der Waals surface area contributed by atoms with Crippen molar-refractivity contribution < 1.29 is 28.1 Å². The summed E-state index contributed by atoms with van der Waals surface area (Å²) in [5.41, 5.74) is 0.409. The number of phenols is 2. The van der Waals surface area contributed by atoms with E-state index in [-0.39, 0.29) is 23.6 Å². The van der Waals surface area contributed by atoms with E-state index in [0.717, 1.165) is 27.1 Å². The number of aromatic nitrogens is 4. The monoisotopic (exact) mass is 473 g/mol. The molecule has 3 N–H and O–H groups in total. The summed E-state index contributed by atoms with van der Waals surface area (Å²) in [5.74, 6) is -2.16. The zero-order chi connectivity index (χ0) is 23.9. The van der Waals surface area contributed by atoms with Gasteiger partial charge in [-0.15, -0.1) is 5.10 Å². The van der Waals surface area contributed by atoms with Crippen LogP contribution in [0.15, 0.2) is 59.6 Å². The van der Waals surface area contributed by atoms with Crippen LogP contribution in [0.3, 0.4) is 0 Å². The second-order valence-electron chi connectivity index (χ2n) is 7.32. The summed E-state index contributed by atoms with van der Waals surface area (Å²) < 4.78 is 44.5. The largest absolute Gasteiger partial charge is 0.507 e. The molecule has 0 spiro atoms. The third-order valence-electron chi connectivity index (χ3n) is 5.18. The SMILES string of the molecule is CN(Cc1cccn1C)S(=O)(=O)c1cc(-c2nnc(O)n2-c2ccccc2F)c(O)cc1O. The molecule has 12 heteroatoms. The minimum absolute atomic E-state index is 0.0215. The molecule has 10 nitrogen and oxygen atoms in total. The summed E-state index contributed by atoms with van der Waals surface area (Å²) in [6.07, 6.45) is 1.77. The molecule has 0 radical (unpaired) electrons. The molecule has 0 aliphatic heterocycles. The van der Waals surface area contributed by atoms with Crippen LogP contribution in [0.2, 0.25) is 0 Å². The topological polar surface area (TPSA) is 134 Å². The average molecular weight is 473 g/mol. The van der Waals surface area contributed by atoms with Gasteiger partial charge < -0.3 is 19.9 Å². The molecule has 4 rings (SSSR count). The molecule has 0 saturated carbocycles. The summed E-state index contributed by atoms with van der Waals surface area (Å²) in [4.78, 5) is -0.505. The van der Waals surface area contributed by atoms with Crippen LogP contribution >= 0.6 is 0 Å². The molecule has 4 aromatic rings. The van der Waals surface area contributed by atoms with Crippen molar-refractivity contribution in [2.45, 2.75) is 11.4 Å². The van der Waals surface area contributed by atoms with Crippen LogP contribution in [0.4, 0.5) is 4.39 Å². The molecule has 0 atom stereocenters. The van der Waals surface area contributed by atoms with E-state index in [1.807, 2.05) is 0 Å². The molecular weight excluding hydrogens is 453 g/mol. The molecule has 33 heavy (non-hydrogen) atoms. The Morgan fingerprint density at radius 3 is 2.42 bits per heavy atom. The standard InChI is InChI=1S/C21H20FN5O5S/c1-25-9-5-6-13(25)12-26(2)33(31,32)19-10-14(17(28)11-18(19)29)20-23-24-21(30)27(20)16-8-4-3-7-15(16)22/h3-11,28-29H,12H2,1-2H3,(H,24,30). The smallest absolute Gasteiger partial charge is 0.319 e. The normalized spacial score (nSPS) is 11.9. The summed E-state index contributed by atoms with van der Waals surface area (Å²) in [6, 6.07) is 10.2. The van der Waals surface area contributed by atoms with Gasteiger partial charge in [-0.1, -0.05) is 17.2 Å². The Labute approximate surface area is 188 Å². The van der Waals surface area contributed by atoms with E-state index in [9.17, 15) is 28.1 Å². The van der Waals surface area contributed by atoms with Crippen LogP contribution in [-0.2, 0) is 23.6 Å². The lowest BCUT2D eigenvalue weighted by molar-refractivity contribution is 0.418. The first-order valence-corrected chi connectivity index (χ1v) is 11.1. The second-order valence-corrected chi connectivity index (χ2v) is 9.33. The number of halogens is 1. The van der Waals surface area contributed by atoms with Gasteiger partial charge in [0.05, 0.1) is 17.8 Å². The molecule has 0 unspecified atom stereocenters. The Balaban J connectivity index is 1.83. The van der Waals surface area contributed by atoms with Crippen molar-refractivity contribution in [3.8, 4) is 34.6 Å². The van der Waals surface area contributed by atoms with Crippen molar-refractivity contribution in [1.82, 2.24) is 23.6 Å². The van der Waals surface area contributed by atoms with Gasteiger partial charge in [-0.25, -0.2) is 17.4 Å². The zero-order valence-corrected chi connectivity index (χ0v) is 18.4. The van der Waals surface area contributed by atoms with Crippen molar-refractivity contribution in [3.63, 3.8) is 0 Å². The average Bonchev–Trinajstić information content (AvgIpc) is 3.33. The zero-order valence-electron chi connectivity index (χ0n) is 17.6. The molecule has 2 aromatic heterocycles. The maximum atomic E-state index is 14.4. The van der Waals surface area contributed by atoms with Crippen molar-refractivity contribution >= 4 is 10.0 Å². The van der Waals surface area contributed by atoms with E-state index in [1.54, 1.807) is 29.9 Å². The van der Waals surface area contributed by atoms with Crippen molar-refractivity contribution in [1.29, 1.82) is 0 Å². The highest BCUT2D eigenvalue weighted by atomic mass is 32.2. The van der Waals surface area contributed by atoms with Gasteiger partial charge in [0, 0.05) is 32.1 Å². The number of aromatic hydroxyl groups is 3. The fraction of sp³-hybridized carbons (Fsp3) is 0.143. The molecule has 2 heterocycles. The second kappa shape index (κ2) is 8.22. The van der Waals surface area contributed by atoms with Gasteiger partial charge in [-0.05, 0) is 30.3 Å². The van der Waals surface area contributed by atoms with E-state index in [1.165, 1.54) is 25.2 Å². The number of hydrogen-bond acceptors (Lipinski definition) is 7. The first-order valence-electron chi connectivity index (χ1n) is 9.63. The summed E-state index contributed by atoms with van der Waals surface area (Å²) in [7, 11) is -1.10. The van der Waals surface area contributed by atoms with E-state index in [2.05, 4.69) is 10.2 Å². The third-order valence-corrected chi connectivity index (χ3v) is 7.01. The van der Waals surface area contributed by atoms with Gasteiger partial charge >= 0.3 is 6.01 Å². The van der Waals surface area contributed by atoms with Crippen LogP contribution in [0.25, 0.3) is 17.1 Å². The molecule has 0 aliphatic carbocycles. The quantitative estimate of drug-likeness (QED) is 0.391. The van der Waals surface area contributed by atoms with Gasteiger partial charge in [0.2, 0.25) is 10.0 Å². The summed E-state index contributed by atoms with van der Waals surface area (Å²) >= 11 is 0. The number of aryl methyl sites for hydroxylation is 1. The number of para-hydroxylation sites is 1. The van der Waals surface area contributed by atoms with Gasteiger partial charge in [-0.3, -0.25) is 0 Å². The highest BCUT2D eigenvalue weighted by Gasteiger charge is 2.29. The maximum Gasteiger partial charge on any atom is 0.319 e. The summed E-state index contributed by atoms with van der Waals surface area (Å²) in [5, 5.41) is 38.2. The molecule has 0 saturated heterocycles. The Morgan fingerprint density at radius 2 is 1.76 bits per heavy atom. The van der Waals surface area contributed by atoms with Crippen molar-refractivity contribution in [2.24, 2.45) is 7.05 Å². The predicted octanol–water partition coefficient (Wildman–Crippen LogP) is 2.35. The Bertz CT molecular complexity index is 1450. The first-order chi connectivity index (χ1) is 15.6. The lowest BCUT2D eigenvalue weighted by atomic mass is 10.1. The number of sulfonamides is 1. The van der Waals surface area contributed by atoms with E-state index in [0.29, 0.717) is 5.69 Å². The van der Waals surface area contributed by atoms with Crippen LogP contribution in [0, 0.1) is 5.82 Å². The lowest BCUT2D eigenvalue weighted by Gasteiger charge is -2.19. The maximum absolute atomic E-state index is 14.4. The number of nitrogens with zero attached hydrogens (tertiary/aromatic N) is 5. The number of benzene rings is 2. The van der Waals surface area contributed by atoms with Crippen LogP contribution in [-0.4, -0.2) is 54.4 Å². The lowest BCUT2D eigenvalue weighted by Crippen LogP contribution is -2.27. The molecule has 172 valence electrons. The van der Waals surface area contributed by atoms with Crippen LogP contribution < -0.4 is 0 Å². The van der Waals surface area contributed by atoms with Gasteiger partial charge in [0.1, 0.15) is 22.2 Å². The fourth-order valence-corrected chi connectivity index (χ4v) is 4.62. The van der Waals surface area contributed by atoms with Gasteiger partial charge in [-0.2, -0.15) is 4.31 Å². The number of phenolic OH excluding ortho intramolecular Hbond substituents is 2.